The smallest absolute Gasteiger partial charge is 0.302 e. The van der Waals surface area contributed by atoms with Crippen molar-refractivity contribution in [1.82, 2.24) is 15.5 Å². The van der Waals surface area contributed by atoms with E-state index in [1.807, 2.05) is 6.92 Å². The van der Waals surface area contributed by atoms with E-state index in [1.165, 1.54) is 0 Å². The fourth-order valence-electron chi connectivity index (χ4n) is 2.40. The molecule has 0 aromatic carbocycles. The molecule has 2 aliphatic heterocycles. The van der Waals surface area contributed by atoms with Crippen LogP contribution in [0.4, 0.5) is 0 Å². The summed E-state index contributed by atoms with van der Waals surface area (Å²) in [7, 11) is 1.71. The molecule has 8 nitrogen and oxygen atoms in total. The Kier molecular flexibility index (Phi) is 4.26. The molecule has 8 heteroatoms. The zero-order chi connectivity index (χ0) is 14.8. The summed E-state index contributed by atoms with van der Waals surface area (Å²) in [6.45, 7) is 3.93. The molecule has 0 radical (unpaired) electrons. The summed E-state index contributed by atoms with van der Waals surface area (Å²) in [5, 5.41) is 16.6. The van der Waals surface area contributed by atoms with Crippen LogP contribution in [0.5, 0.6) is 0 Å². The van der Waals surface area contributed by atoms with Crippen molar-refractivity contribution >= 4 is 11.6 Å². The normalized spacial score (nSPS) is 27.9. The van der Waals surface area contributed by atoms with Gasteiger partial charge in [-0.1, -0.05) is 6.92 Å². The number of nitrogens with one attached hydrogen (secondary N) is 2. The number of primary amides is 1. The second-order valence-corrected chi connectivity index (χ2v) is 4.64. The summed E-state index contributed by atoms with van der Waals surface area (Å²) in [6.07, 6.45) is 0.574. The third kappa shape index (κ3) is 2.62. The van der Waals surface area contributed by atoms with Gasteiger partial charge in [-0.15, -0.1) is 0 Å². The second-order valence-electron chi connectivity index (χ2n) is 4.64. The number of aliphatic imine (C=N–C) groups is 1. The van der Waals surface area contributed by atoms with Gasteiger partial charge in [0.1, 0.15) is 11.5 Å². The molecule has 0 aromatic rings. The van der Waals surface area contributed by atoms with Crippen LogP contribution >= 0.6 is 0 Å². The minimum atomic E-state index is -1.68. The summed E-state index contributed by atoms with van der Waals surface area (Å²) < 4.78 is 5.26. The Morgan fingerprint density at radius 1 is 1.60 bits per heavy atom. The van der Waals surface area contributed by atoms with Crippen molar-refractivity contribution in [1.29, 1.82) is 0 Å². The molecule has 0 aromatic heterocycles. The van der Waals surface area contributed by atoms with Crippen LogP contribution < -0.4 is 16.4 Å². The molecule has 112 valence electrons. The van der Waals surface area contributed by atoms with Gasteiger partial charge < -0.3 is 26.2 Å². The Morgan fingerprint density at radius 2 is 2.25 bits per heavy atom. The lowest BCUT2D eigenvalue weighted by molar-refractivity contribution is -0.152. The molecule has 2 aliphatic rings. The lowest BCUT2D eigenvalue weighted by atomic mass is 10.1. The number of amides is 1. The molecular formula is C12H21N5O3. The zero-order valence-corrected chi connectivity index (χ0v) is 11.8. The van der Waals surface area contributed by atoms with Crippen LogP contribution in [0.3, 0.4) is 0 Å². The summed E-state index contributed by atoms with van der Waals surface area (Å²) in [5.41, 5.74) is 6.15. The molecule has 5 N–H and O–H groups in total. The van der Waals surface area contributed by atoms with Crippen LogP contribution in [-0.2, 0) is 9.53 Å². The highest BCUT2D eigenvalue weighted by atomic mass is 16.5. The summed E-state index contributed by atoms with van der Waals surface area (Å²) in [4.78, 5) is 17.5. The van der Waals surface area contributed by atoms with Crippen molar-refractivity contribution < 1.29 is 14.6 Å². The fraction of sp³-hybridized carbons (Fsp3) is 0.667. The van der Waals surface area contributed by atoms with Gasteiger partial charge in [-0.3, -0.25) is 4.79 Å². The Bertz CT molecular complexity index is 456. The molecule has 0 saturated carbocycles. The maximum absolute atomic E-state index is 11.6. The lowest BCUT2D eigenvalue weighted by Gasteiger charge is -2.42. The monoisotopic (exact) mass is 283 g/mol. The number of rotatable bonds is 4. The highest BCUT2D eigenvalue weighted by molar-refractivity contribution is 6.45. The standard InChI is InChI=1S/C12H21N5O3/c1-3-8-9(10(13)18)15-12(19,16-11(8)14-2)17-4-6-20-7-5-17/h14,16,19H,3-7H2,1-2H3,(H2,13,18). The number of morpholine rings is 1. The van der Waals surface area contributed by atoms with Gasteiger partial charge in [-0.2, -0.15) is 0 Å². The van der Waals surface area contributed by atoms with Crippen molar-refractivity contribution in [3.05, 3.63) is 11.4 Å². The number of hydrogen-bond acceptors (Lipinski definition) is 7. The zero-order valence-electron chi connectivity index (χ0n) is 11.8. The summed E-state index contributed by atoms with van der Waals surface area (Å²) in [6, 6.07) is 0. The van der Waals surface area contributed by atoms with Crippen molar-refractivity contribution in [3.8, 4) is 0 Å². The molecule has 0 aliphatic carbocycles. The third-order valence-electron chi connectivity index (χ3n) is 3.44. The van der Waals surface area contributed by atoms with Crippen LogP contribution in [-0.4, -0.2) is 60.9 Å². The van der Waals surface area contributed by atoms with E-state index in [-0.39, 0.29) is 5.71 Å². The predicted octanol–water partition coefficient (Wildman–Crippen LogP) is -1.71. The number of hydrogen-bond donors (Lipinski definition) is 4. The quantitative estimate of drug-likeness (QED) is 0.489. The lowest BCUT2D eigenvalue weighted by Crippen LogP contribution is -2.64. The van der Waals surface area contributed by atoms with E-state index >= 15 is 0 Å². The number of aliphatic hydroxyl groups is 1. The van der Waals surface area contributed by atoms with Gasteiger partial charge in [0.25, 0.3) is 5.91 Å². The maximum atomic E-state index is 11.6. The first-order valence-corrected chi connectivity index (χ1v) is 6.66. The van der Waals surface area contributed by atoms with Gasteiger partial charge in [-0.25, -0.2) is 9.89 Å². The Hall–Kier alpha value is -1.64. The van der Waals surface area contributed by atoms with Crippen molar-refractivity contribution in [2.24, 2.45) is 10.7 Å². The van der Waals surface area contributed by atoms with Crippen molar-refractivity contribution in [2.75, 3.05) is 33.4 Å². The number of carbonyl (C=O) groups excluding carboxylic acids is 1. The van der Waals surface area contributed by atoms with E-state index in [2.05, 4.69) is 15.6 Å². The largest absolute Gasteiger partial charge is 0.379 e. The van der Waals surface area contributed by atoms with Gasteiger partial charge in [0, 0.05) is 25.7 Å². The first kappa shape index (κ1) is 14.8. The molecule has 20 heavy (non-hydrogen) atoms. The fourth-order valence-corrected chi connectivity index (χ4v) is 2.40. The number of nitrogens with zero attached hydrogens (tertiary/aromatic N) is 2. The van der Waals surface area contributed by atoms with Crippen LogP contribution in [0.15, 0.2) is 16.4 Å². The number of carbonyl (C=O) groups is 1. The summed E-state index contributed by atoms with van der Waals surface area (Å²) in [5.74, 6) is -1.77. The minimum Gasteiger partial charge on any atom is -0.379 e. The summed E-state index contributed by atoms with van der Waals surface area (Å²) >= 11 is 0. The SMILES string of the molecule is CCC1=C(NC)NC(O)(N2CCOCC2)N=C1C(N)=O. The average Bonchev–Trinajstić information content (AvgIpc) is 2.47. The number of nitrogens with two attached hydrogens (primary N) is 1. The van der Waals surface area contributed by atoms with Gasteiger partial charge in [0.2, 0.25) is 0 Å². The predicted molar refractivity (Wildman–Crippen MR) is 73.5 cm³/mol. The minimum absolute atomic E-state index is 0.101. The molecule has 1 fully saturated rings. The van der Waals surface area contributed by atoms with E-state index in [1.54, 1.807) is 11.9 Å². The van der Waals surface area contributed by atoms with E-state index < -0.39 is 11.9 Å². The third-order valence-corrected chi connectivity index (χ3v) is 3.44. The van der Waals surface area contributed by atoms with Gasteiger partial charge in [0.05, 0.1) is 13.2 Å². The first-order valence-electron chi connectivity index (χ1n) is 6.66. The van der Waals surface area contributed by atoms with Crippen LogP contribution in [0.1, 0.15) is 13.3 Å². The van der Waals surface area contributed by atoms with Crippen molar-refractivity contribution in [3.63, 3.8) is 0 Å². The molecule has 0 bridgehead atoms. The number of ether oxygens (including phenoxy) is 1. The Labute approximate surface area is 117 Å². The highest BCUT2D eigenvalue weighted by Crippen LogP contribution is 2.23. The van der Waals surface area contributed by atoms with Crippen molar-refractivity contribution in [2.45, 2.75) is 19.3 Å². The average molecular weight is 283 g/mol. The topological polar surface area (TPSA) is 112 Å². The molecular weight excluding hydrogens is 262 g/mol. The first-order chi connectivity index (χ1) is 9.51. The maximum Gasteiger partial charge on any atom is 0.302 e. The van der Waals surface area contributed by atoms with Crippen LogP contribution in [0.25, 0.3) is 0 Å². The van der Waals surface area contributed by atoms with E-state index in [9.17, 15) is 9.90 Å². The van der Waals surface area contributed by atoms with Gasteiger partial charge in [0.15, 0.2) is 0 Å². The highest BCUT2D eigenvalue weighted by Gasteiger charge is 2.41. The molecule has 1 saturated heterocycles. The van der Waals surface area contributed by atoms with E-state index in [4.69, 9.17) is 10.5 Å². The Morgan fingerprint density at radius 3 is 2.75 bits per heavy atom. The molecule has 2 heterocycles. The molecule has 1 unspecified atom stereocenters. The van der Waals surface area contributed by atoms with Crippen LogP contribution in [0, 0.1) is 0 Å². The molecule has 0 spiro atoms. The van der Waals surface area contributed by atoms with Crippen LogP contribution in [0.2, 0.25) is 0 Å². The molecule has 1 atom stereocenters. The van der Waals surface area contributed by atoms with Gasteiger partial charge >= 0.3 is 5.97 Å². The van der Waals surface area contributed by atoms with E-state index in [0.29, 0.717) is 44.1 Å². The van der Waals surface area contributed by atoms with Gasteiger partial charge in [-0.05, 0) is 6.42 Å². The second kappa shape index (κ2) is 5.78. The molecule has 1 amide bonds. The van der Waals surface area contributed by atoms with E-state index in [0.717, 1.165) is 0 Å². The Balaban J connectivity index is 2.37. The molecule has 2 rings (SSSR count).